The maximum absolute atomic E-state index is 13.0. The van der Waals surface area contributed by atoms with E-state index in [1.165, 1.54) is 11.8 Å². The number of benzene rings is 2. The first-order valence-corrected chi connectivity index (χ1v) is 10.2. The van der Waals surface area contributed by atoms with Crippen LogP contribution in [0.1, 0.15) is 19.0 Å². The van der Waals surface area contributed by atoms with Crippen LogP contribution < -0.4 is 5.32 Å². The Morgan fingerprint density at radius 3 is 2.69 bits per heavy atom. The lowest BCUT2D eigenvalue weighted by Gasteiger charge is -2.15. The van der Waals surface area contributed by atoms with Crippen LogP contribution >= 0.6 is 11.8 Å². The quantitative estimate of drug-likeness (QED) is 0.489. The summed E-state index contributed by atoms with van der Waals surface area (Å²) in [5.41, 5.74) is 3.33. The summed E-state index contributed by atoms with van der Waals surface area (Å²) in [5, 5.41) is 16.2. The fourth-order valence-corrected chi connectivity index (χ4v) is 3.97. The molecule has 0 aliphatic heterocycles. The number of amides is 1. The Hall–Kier alpha value is -3.26. The van der Waals surface area contributed by atoms with Crippen molar-refractivity contribution in [3.8, 4) is 5.69 Å². The molecule has 2 aromatic heterocycles. The minimum absolute atomic E-state index is 0.0872. The molecule has 0 aliphatic rings. The van der Waals surface area contributed by atoms with Crippen molar-refractivity contribution in [1.29, 1.82) is 0 Å². The van der Waals surface area contributed by atoms with E-state index >= 15 is 0 Å². The molecule has 2 heterocycles. The molecule has 1 atom stereocenters. The number of fused-ring (bicyclic) bond motifs is 1. The highest BCUT2D eigenvalue weighted by Crippen LogP contribution is 2.28. The van der Waals surface area contributed by atoms with Gasteiger partial charge in [-0.1, -0.05) is 55.1 Å². The first kappa shape index (κ1) is 19.1. The third-order valence-corrected chi connectivity index (χ3v) is 5.75. The van der Waals surface area contributed by atoms with E-state index in [4.69, 9.17) is 0 Å². The van der Waals surface area contributed by atoms with Crippen LogP contribution in [0.4, 0.5) is 5.69 Å². The van der Waals surface area contributed by atoms with E-state index in [0.717, 1.165) is 28.0 Å². The Bertz CT molecular complexity index is 1140. The minimum atomic E-state index is -0.337. The average molecular weight is 404 g/mol. The molecular formula is C21H20N6OS. The third kappa shape index (κ3) is 4.12. The number of anilines is 1. The Morgan fingerprint density at radius 2 is 1.90 bits per heavy atom. The highest BCUT2D eigenvalue weighted by atomic mass is 32.2. The molecule has 0 bridgehead atoms. The van der Waals surface area contributed by atoms with Crippen LogP contribution in [0.5, 0.6) is 0 Å². The van der Waals surface area contributed by atoms with Crippen LogP contribution in [-0.2, 0) is 4.79 Å². The SMILES string of the molecule is CCC(Sc1nnnn1-c1ccccc1)C(=O)Nc1cc(C)nc2ccccc12. The van der Waals surface area contributed by atoms with Gasteiger partial charge in [0.25, 0.3) is 0 Å². The number of carbonyl (C=O) groups excluding carboxylic acids is 1. The van der Waals surface area contributed by atoms with E-state index in [0.29, 0.717) is 11.6 Å². The molecule has 1 unspecified atom stereocenters. The van der Waals surface area contributed by atoms with Crippen molar-refractivity contribution in [2.75, 3.05) is 5.32 Å². The summed E-state index contributed by atoms with van der Waals surface area (Å²) in [5.74, 6) is -0.0872. The van der Waals surface area contributed by atoms with Crippen molar-refractivity contribution >= 4 is 34.3 Å². The lowest BCUT2D eigenvalue weighted by Crippen LogP contribution is -2.25. The highest BCUT2D eigenvalue weighted by molar-refractivity contribution is 8.00. The second kappa shape index (κ2) is 8.40. The Labute approximate surface area is 172 Å². The summed E-state index contributed by atoms with van der Waals surface area (Å²) < 4.78 is 1.65. The van der Waals surface area contributed by atoms with Gasteiger partial charge in [-0.2, -0.15) is 4.68 Å². The predicted octanol–water partition coefficient (Wildman–Crippen LogP) is 4.03. The first-order chi connectivity index (χ1) is 14.2. The van der Waals surface area contributed by atoms with E-state index < -0.39 is 0 Å². The molecule has 1 N–H and O–H groups in total. The van der Waals surface area contributed by atoms with Gasteiger partial charge in [0.2, 0.25) is 11.1 Å². The second-order valence-electron chi connectivity index (χ2n) is 6.54. The molecule has 0 spiro atoms. The standard InChI is InChI=1S/C21H20N6OS/c1-3-19(29-21-24-25-26-27(21)15-9-5-4-6-10-15)20(28)23-18-13-14(2)22-17-12-8-7-11-16(17)18/h4-13,19H,3H2,1-2H3,(H,22,23,28). The van der Waals surface area contributed by atoms with Crippen LogP contribution in [0.2, 0.25) is 0 Å². The number of nitrogens with one attached hydrogen (secondary N) is 1. The molecule has 8 heteroatoms. The summed E-state index contributed by atoms with van der Waals surface area (Å²) in [6, 6.07) is 19.3. The van der Waals surface area contributed by atoms with Crippen molar-refractivity contribution in [3.63, 3.8) is 0 Å². The van der Waals surface area contributed by atoms with E-state index in [-0.39, 0.29) is 11.2 Å². The van der Waals surface area contributed by atoms with Crippen LogP contribution in [-0.4, -0.2) is 36.3 Å². The van der Waals surface area contributed by atoms with Gasteiger partial charge in [-0.3, -0.25) is 9.78 Å². The van der Waals surface area contributed by atoms with Gasteiger partial charge < -0.3 is 5.32 Å². The summed E-state index contributed by atoms with van der Waals surface area (Å²) in [7, 11) is 0. The third-order valence-electron chi connectivity index (χ3n) is 4.45. The Balaban J connectivity index is 1.57. The molecule has 146 valence electrons. The zero-order valence-corrected chi connectivity index (χ0v) is 16.9. The molecule has 0 saturated carbocycles. The predicted molar refractivity (Wildman–Crippen MR) is 114 cm³/mol. The number of thioether (sulfide) groups is 1. The molecular weight excluding hydrogens is 384 g/mol. The Morgan fingerprint density at radius 1 is 1.14 bits per heavy atom. The molecule has 0 aliphatic carbocycles. The molecule has 2 aromatic carbocycles. The normalized spacial score (nSPS) is 12.1. The summed E-state index contributed by atoms with van der Waals surface area (Å²) in [6.45, 7) is 3.89. The molecule has 4 aromatic rings. The Kier molecular flexibility index (Phi) is 5.53. The fraction of sp³-hybridized carbons (Fsp3) is 0.190. The topological polar surface area (TPSA) is 85.6 Å². The number of tetrazole rings is 1. The number of para-hydroxylation sites is 2. The van der Waals surface area contributed by atoms with Gasteiger partial charge in [-0.25, -0.2) is 0 Å². The number of pyridine rings is 1. The number of hydrogen-bond donors (Lipinski definition) is 1. The first-order valence-electron chi connectivity index (χ1n) is 9.33. The minimum Gasteiger partial charge on any atom is -0.324 e. The van der Waals surface area contributed by atoms with Gasteiger partial charge in [-0.05, 0) is 48.0 Å². The van der Waals surface area contributed by atoms with Crippen molar-refractivity contribution in [1.82, 2.24) is 25.2 Å². The van der Waals surface area contributed by atoms with Crippen molar-refractivity contribution in [2.24, 2.45) is 0 Å². The highest BCUT2D eigenvalue weighted by Gasteiger charge is 2.22. The monoisotopic (exact) mass is 404 g/mol. The fourth-order valence-electron chi connectivity index (χ4n) is 3.06. The maximum Gasteiger partial charge on any atom is 0.237 e. The lowest BCUT2D eigenvalue weighted by molar-refractivity contribution is -0.115. The number of nitrogens with zero attached hydrogens (tertiary/aromatic N) is 5. The smallest absolute Gasteiger partial charge is 0.237 e. The molecule has 1 amide bonds. The van der Waals surface area contributed by atoms with Gasteiger partial charge in [0, 0.05) is 11.1 Å². The van der Waals surface area contributed by atoms with Crippen LogP contribution in [0.3, 0.4) is 0 Å². The molecule has 0 fully saturated rings. The number of rotatable bonds is 6. The summed E-state index contributed by atoms with van der Waals surface area (Å²) in [6.07, 6.45) is 0.639. The molecule has 7 nitrogen and oxygen atoms in total. The van der Waals surface area contributed by atoms with E-state index in [1.54, 1.807) is 4.68 Å². The lowest BCUT2D eigenvalue weighted by atomic mass is 10.1. The van der Waals surface area contributed by atoms with Gasteiger partial charge in [0.1, 0.15) is 0 Å². The largest absolute Gasteiger partial charge is 0.324 e. The number of hydrogen-bond acceptors (Lipinski definition) is 6. The van der Waals surface area contributed by atoms with Crippen molar-refractivity contribution in [3.05, 3.63) is 66.4 Å². The second-order valence-corrected chi connectivity index (χ2v) is 7.71. The molecule has 0 saturated heterocycles. The number of aryl methyl sites for hydroxylation is 1. The van der Waals surface area contributed by atoms with E-state index in [1.807, 2.05) is 74.5 Å². The van der Waals surface area contributed by atoms with Crippen LogP contribution in [0.25, 0.3) is 16.6 Å². The average Bonchev–Trinajstić information content (AvgIpc) is 3.20. The van der Waals surface area contributed by atoms with E-state index in [9.17, 15) is 4.79 Å². The summed E-state index contributed by atoms with van der Waals surface area (Å²) in [4.78, 5) is 17.6. The van der Waals surface area contributed by atoms with Gasteiger partial charge >= 0.3 is 0 Å². The van der Waals surface area contributed by atoms with Crippen molar-refractivity contribution in [2.45, 2.75) is 30.7 Å². The molecule has 4 rings (SSSR count). The van der Waals surface area contributed by atoms with Gasteiger partial charge in [0.05, 0.1) is 22.1 Å². The molecule has 29 heavy (non-hydrogen) atoms. The van der Waals surface area contributed by atoms with Crippen molar-refractivity contribution < 1.29 is 4.79 Å². The zero-order valence-electron chi connectivity index (χ0n) is 16.1. The van der Waals surface area contributed by atoms with Crippen LogP contribution in [0, 0.1) is 6.92 Å². The maximum atomic E-state index is 13.0. The number of carbonyl (C=O) groups is 1. The van der Waals surface area contributed by atoms with E-state index in [2.05, 4.69) is 25.8 Å². The molecule has 0 radical (unpaired) electrons. The van der Waals surface area contributed by atoms with Crippen LogP contribution in [0.15, 0.2) is 65.8 Å². The number of aromatic nitrogens is 5. The van der Waals surface area contributed by atoms with Gasteiger partial charge in [-0.15, -0.1) is 5.10 Å². The van der Waals surface area contributed by atoms with Gasteiger partial charge in [0.15, 0.2) is 0 Å². The zero-order chi connectivity index (χ0) is 20.2. The summed E-state index contributed by atoms with van der Waals surface area (Å²) >= 11 is 1.35.